The molecule has 2 N–H and O–H groups in total. The zero-order valence-electron chi connectivity index (χ0n) is 9.12. The largest absolute Gasteiger partial charge is 0.477 e. The molecule has 19 heavy (non-hydrogen) atoms. The SMILES string of the molecule is O=C(O)c1cc2cccc(NC(=O)C(F)(F)F)c2s1. The lowest BCUT2D eigenvalue weighted by molar-refractivity contribution is -0.167. The van der Waals surface area contributed by atoms with Gasteiger partial charge in [0, 0.05) is 0 Å². The summed E-state index contributed by atoms with van der Waals surface area (Å²) in [4.78, 5) is 21.7. The first-order valence-electron chi connectivity index (χ1n) is 4.93. The van der Waals surface area contributed by atoms with Crippen molar-refractivity contribution in [2.24, 2.45) is 0 Å². The van der Waals surface area contributed by atoms with Crippen molar-refractivity contribution in [2.45, 2.75) is 6.18 Å². The molecule has 0 bridgehead atoms. The number of benzene rings is 1. The molecular formula is C11H6F3NO3S. The summed E-state index contributed by atoms with van der Waals surface area (Å²) in [5, 5.41) is 11.0. The zero-order chi connectivity index (χ0) is 14.2. The van der Waals surface area contributed by atoms with Gasteiger partial charge >= 0.3 is 18.1 Å². The van der Waals surface area contributed by atoms with Crippen LogP contribution in [0.2, 0.25) is 0 Å². The Hall–Kier alpha value is -2.09. The molecule has 2 rings (SSSR count). The van der Waals surface area contributed by atoms with Crippen molar-refractivity contribution in [3.05, 3.63) is 29.1 Å². The predicted molar refractivity (Wildman–Crippen MR) is 63.5 cm³/mol. The number of thiophene rings is 1. The van der Waals surface area contributed by atoms with Crippen molar-refractivity contribution in [3.8, 4) is 0 Å². The monoisotopic (exact) mass is 289 g/mol. The summed E-state index contributed by atoms with van der Waals surface area (Å²) in [6.45, 7) is 0. The quantitative estimate of drug-likeness (QED) is 0.892. The van der Waals surface area contributed by atoms with Gasteiger partial charge in [-0.1, -0.05) is 12.1 Å². The maximum atomic E-state index is 12.2. The second kappa shape index (κ2) is 4.54. The number of carboxylic acids is 1. The van der Waals surface area contributed by atoms with Crippen LogP contribution in [0.4, 0.5) is 18.9 Å². The van der Waals surface area contributed by atoms with Gasteiger partial charge in [0.25, 0.3) is 0 Å². The molecule has 0 saturated carbocycles. The Kier molecular flexibility index (Phi) is 3.19. The molecule has 2 aromatic rings. The van der Waals surface area contributed by atoms with E-state index in [9.17, 15) is 22.8 Å². The number of fused-ring (bicyclic) bond motifs is 1. The molecule has 0 atom stereocenters. The highest BCUT2D eigenvalue weighted by atomic mass is 32.1. The number of alkyl halides is 3. The third-order valence-corrected chi connectivity index (χ3v) is 3.43. The van der Waals surface area contributed by atoms with Crippen molar-refractivity contribution in [2.75, 3.05) is 5.32 Å². The summed E-state index contributed by atoms with van der Waals surface area (Å²) in [5.41, 5.74) is -0.0580. The van der Waals surface area contributed by atoms with Crippen LogP contribution in [-0.4, -0.2) is 23.2 Å². The van der Waals surface area contributed by atoms with Gasteiger partial charge in [0.15, 0.2) is 0 Å². The van der Waals surface area contributed by atoms with Crippen LogP contribution >= 0.6 is 11.3 Å². The molecule has 0 spiro atoms. The molecule has 1 heterocycles. The van der Waals surface area contributed by atoms with Gasteiger partial charge in [0.2, 0.25) is 0 Å². The minimum Gasteiger partial charge on any atom is -0.477 e. The molecule has 1 aromatic carbocycles. The predicted octanol–water partition coefficient (Wildman–Crippen LogP) is 3.10. The van der Waals surface area contributed by atoms with Crippen LogP contribution in [0.3, 0.4) is 0 Å². The van der Waals surface area contributed by atoms with Gasteiger partial charge < -0.3 is 10.4 Å². The zero-order valence-corrected chi connectivity index (χ0v) is 9.93. The third kappa shape index (κ3) is 2.68. The fourth-order valence-electron chi connectivity index (χ4n) is 1.46. The second-order valence-electron chi connectivity index (χ2n) is 3.59. The number of amides is 1. The smallest absolute Gasteiger partial charge is 0.471 e. The van der Waals surface area contributed by atoms with Crippen LogP contribution in [0.5, 0.6) is 0 Å². The lowest BCUT2D eigenvalue weighted by Gasteiger charge is -2.08. The lowest BCUT2D eigenvalue weighted by Crippen LogP contribution is -2.29. The van der Waals surface area contributed by atoms with Crippen LogP contribution < -0.4 is 5.32 Å². The standard InChI is InChI=1S/C11H6F3NO3S/c12-11(13,14)10(18)15-6-3-1-2-5-4-7(9(16)17)19-8(5)6/h1-4H,(H,15,18)(H,16,17). The summed E-state index contributed by atoms with van der Waals surface area (Å²) < 4.78 is 36.8. The number of carbonyl (C=O) groups excluding carboxylic acids is 1. The number of aromatic carboxylic acids is 1. The number of hydrogen-bond acceptors (Lipinski definition) is 3. The Balaban J connectivity index is 2.44. The molecule has 0 aliphatic heterocycles. The molecule has 0 aliphatic rings. The van der Waals surface area contributed by atoms with E-state index >= 15 is 0 Å². The van der Waals surface area contributed by atoms with Gasteiger partial charge in [-0.2, -0.15) is 13.2 Å². The average Bonchev–Trinajstić information content (AvgIpc) is 2.72. The highest BCUT2D eigenvalue weighted by Gasteiger charge is 2.38. The van der Waals surface area contributed by atoms with Gasteiger partial charge in [-0.3, -0.25) is 4.79 Å². The summed E-state index contributed by atoms with van der Waals surface area (Å²) in [7, 11) is 0. The summed E-state index contributed by atoms with van der Waals surface area (Å²) >= 11 is 0.803. The minimum absolute atomic E-state index is 0.0105. The van der Waals surface area contributed by atoms with E-state index in [0.717, 1.165) is 11.3 Å². The van der Waals surface area contributed by atoms with E-state index in [2.05, 4.69) is 0 Å². The highest BCUT2D eigenvalue weighted by Crippen LogP contribution is 2.32. The van der Waals surface area contributed by atoms with E-state index in [-0.39, 0.29) is 15.3 Å². The van der Waals surface area contributed by atoms with E-state index in [4.69, 9.17) is 5.11 Å². The fourth-order valence-corrected chi connectivity index (χ4v) is 2.43. The maximum Gasteiger partial charge on any atom is 0.471 e. The summed E-state index contributed by atoms with van der Waals surface area (Å²) in [6, 6.07) is 5.62. The van der Waals surface area contributed by atoms with E-state index in [1.54, 1.807) is 11.4 Å². The van der Waals surface area contributed by atoms with Crippen LogP contribution in [0.1, 0.15) is 9.67 Å². The minimum atomic E-state index is -4.99. The Morgan fingerprint density at radius 1 is 1.26 bits per heavy atom. The van der Waals surface area contributed by atoms with Crippen molar-refractivity contribution in [1.29, 1.82) is 0 Å². The maximum absolute atomic E-state index is 12.2. The van der Waals surface area contributed by atoms with Gasteiger partial charge in [-0.15, -0.1) is 11.3 Å². The van der Waals surface area contributed by atoms with Crippen LogP contribution in [0.15, 0.2) is 24.3 Å². The first-order chi connectivity index (χ1) is 8.79. The number of halogens is 3. The molecule has 0 saturated heterocycles. The summed E-state index contributed by atoms with van der Waals surface area (Å²) in [6.07, 6.45) is -4.99. The molecule has 100 valence electrons. The number of anilines is 1. The first-order valence-corrected chi connectivity index (χ1v) is 5.74. The van der Waals surface area contributed by atoms with E-state index < -0.39 is 18.1 Å². The molecule has 8 heteroatoms. The first kappa shape index (κ1) is 13.3. The van der Waals surface area contributed by atoms with Crippen LogP contribution in [0, 0.1) is 0 Å². The molecule has 0 aliphatic carbocycles. The molecule has 0 fully saturated rings. The highest BCUT2D eigenvalue weighted by molar-refractivity contribution is 7.21. The van der Waals surface area contributed by atoms with Crippen molar-refractivity contribution in [3.63, 3.8) is 0 Å². The number of carboxylic acid groups (broad SMARTS) is 1. The molecular weight excluding hydrogens is 283 g/mol. The number of nitrogens with one attached hydrogen (secondary N) is 1. The summed E-state index contributed by atoms with van der Waals surface area (Å²) in [5.74, 6) is -3.26. The topological polar surface area (TPSA) is 66.4 Å². The van der Waals surface area contributed by atoms with Crippen LogP contribution in [0.25, 0.3) is 10.1 Å². The second-order valence-corrected chi connectivity index (χ2v) is 4.64. The molecule has 0 radical (unpaired) electrons. The van der Waals surface area contributed by atoms with Crippen molar-refractivity contribution < 1.29 is 27.9 Å². The number of hydrogen-bond donors (Lipinski definition) is 2. The van der Waals surface area contributed by atoms with Gasteiger partial charge in [0.1, 0.15) is 4.88 Å². The number of rotatable bonds is 2. The molecule has 1 aromatic heterocycles. The normalized spacial score (nSPS) is 11.5. The Morgan fingerprint density at radius 2 is 1.95 bits per heavy atom. The van der Waals surface area contributed by atoms with Crippen LogP contribution in [-0.2, 0) is 4.79 Å². The molecule has 0 unspecified atom stereocenters. The van der Waals surface area contributed by atoms with Crippen molar-refractivity contribution >= 4 is 39.0 Å². The third-order valence-electron chi connectivity index (χ3n) is 2.26. The molecule has 4 nitrogen and oxygen atoms in total. The average molecular weight is 289 g/mol. The van der Waals surface area contributed by atoms with Gasteiger partial charge in [-0.05, 0) is 17.5 Å². The Bertz CT molecular complexity index is 663. The van der Waals surface area contributed by atoms with Crippen molar-refractivity contribution in [1.82, 2.24) is 0 Å². The lowest BCUT2D eigenvalue weighted by atomic mass is 10.2. The van der Waals surface area contributed by atoms with E-state index in [1.165, 1.54) is 18.2 Å². The van der Waals surface area contributed by atoms with Gasteiger partial charge in [-0.25, -0.2) is 4.79 Å². The Morgan fingerprint density at radius 3 is 2.53 bits per heavy atom. The molecule has 1 amide bonds. The van der Waals surface area contributed by atoms with Gasteiger partial charge in [0.05, 0.1) is 10.4 Å². The fraction of sp³-hybridized carbons (Fsp3) is 0.0909. The van der Waals surface area contributed by atoms with E-state index in [1.807, 2.05) is 0 Å². The van der Waals surface area contributed by atoms with E-state index in [0.29, 0.717) is 5.39 Å². The Labute approximate surface area is 108 Å². The number of carbonyl (C=O) groups is 2.